The maximum atomic E-state index is 10.7. The molecule has 0 spiro atoms. The van der Waals surface area contributed by atoms with E-state index < -0.39 is 7.12 Å². The van der Waals surface area contributed by atoms with Crippen LogP contribution in [0.2, 0.25) is 0 Å². The second-order valence-electron chi connectivity index (χ2n) is 3.21. The fourth-order valence-corrected chi connectivity index (χ4v) is 1.79. The van der Waals surface area contributed by atoms with Crippen LogP contribution in [-0.4, -0.2) is 28.0 Å². The van der Waals surface area contributed by atoms with E-state index in [1.165, 1.54) is 11.8 Å². The van der Waals surface area contributed by atoms with Crippen molar-refractivity contribution in [3.63, 3.8) is 0 Å². The van der Waals surface area contributed by atoms with Crippen LogP contribution in [0, 0.1) is 0 Å². The molecule has 0 amide bonds. The van der Waals surface area contributed by atoms with Crippen LogP contribution in [0.5, 0.6) is 0 Å². The third kappa shape index (κ3) is 4.51. The molecule has 0 unspecified atom stereocenters. The number of aryl methyl sites for hydroxylation is 1. The summed E-state index contributed by atoms with van der Waals surface area (Å²) in [5, 5.41) is 17.9. The van der Waals surface area contributed by atoms with Gasteiger partial charge in [0.15, 0.2) is 5.12 Å². The lowest BCUT2D eigenvalue weighted by Crippen LogP contribution is -2.29. The van der Waals surface area contributed by atoms with Gasteiger partial charge < -0.3 is 10.0 Å². The summed E-state index contributed by atoms with van der Waals surface area (Å²) in [4.78, 5) is 10.7. The standard InChI is InChI=1S/C10H13BO3S/c1-8(12)15-7-6-9-2-4-10(5-3-9)11(13)14/h2-5,13-14H,6-7H2,1H3. The summed E-state index contributed by atoms with van der Waals surface area (Å²) < 4.78 is 0. The van der Waals surface area contributed by atoms with E-state index in [1.807, 2.05) is 12.1 Å². The first-order valence-electron chi connectivity index (χ1n) is 4.68. The molecule has 0 saturated carbocycles. The normalized spacial score (nSPS) is 10.1. The molecule has 0 saturated heterocycles. The second kappa shape index (κ2) is 5.95. The molecule has 1 rings (SSSR count). The Morgan fingerprint density at radius 3 is 2.40 bits per heavy atom. The highest BCUT2D eigenvalue weighted by Crippen LogP contribution is 2.06. The van der Waals surface area contributed by atoms with Crippen molar-refractivity contribution in [1.82, 2.24) is 0 Å². The highest BCUT2D eigenvalue weighted by atomic mass is 32.2. The molecule has 0 aliphatic carbocycles. The highest BCUT2D eigenvalue weighted by Gasteiger charge is 2.09. The van der Waals surface area contributed by atoms with Crippen LogP contribution in [0.3, 0.4) is 0 Å². The SMILES string of the molecule is CC(=O)SCCc1ccc(B(O)O)cc1. The maximum Gasteiger partial charge on any atom is 0.488 e. The minimum absolute atomic E-state index is 0.123. The Morgan fingerprint density at radius 1 is 1.33 bits per heavy atom. The fourth-order valence-electron chi connectivity index (χ4n) is 1.17. The number of hydrogen-bond donors (Lipinski definition) is 2. The zero-order chi connectivity index (χ0) is 11.3. The van der Waals surface area contributed by atoms with E-state index in [9.17, 15) is 4.79 Å². The average Bonchev–Trinajstić information content (AvgIpc) is 2.18. The first kappa shape index (κ1) is 12.3. The molecule has 1 aromatic rings. The van der Waals surface area contributed by atoms with E-state index in [0.29, 0.717) is 5.46 Å². The predicted molar refractivity (Wildman–Crippen MR) is 63.1 cm³/mol. The summed E-state index contributed by atoms with van der Waals surface area (Å²) >= 11 is 1.30. The summed E-state index contributed by atoms with van der Waals surface area (Å²) in [5.41, 5.74) is 1.58. The summed E-state index contributed by atoms with van der Waals surface area (Å²) in [7, 11) is -1.41. The molecule has 1 aromatic carbocycles. The van der Waals surface area contributed by atoms with Gasteiger partial charge in [0, 0.05) is 12.7 Å². The summed E-state index contributed by atoms with van der Waals surface area (Å²) in [6.45, 7) is 1.55. The highest BCUT2D eigenvalue weighted by molar-refractivity contribution is 8.13. The molecule has 0 atom stereocenters. The molecule has 3 nitrogen and oxygen atoms in total. The van der Waals surface area contributed by atoms with Crippen LogP contribution in [0.4, 0.5) is 0 Å². The van der Waals surface area contributed by atoms with Gasteiger partial charge in [-0.25, -0.2) is 0 Å². The van der Waals surface area contributed by atoms with Gasteiger partial charge in [-0.15, -0.1) is 0 Å². The largest absolute Gasteiger partial charge is 0.488 e. The van der Waals surface area contributed by atoms with Crippen molar-refractivity contribution in [3.05, 3.63) is 29.8 Å². The van der Waals surface area contributed by atoms with Gasteiger partial charge in [-0.2, -0.15) is 0 Å². The van der Waals surface area contributed by atoms with E-state index >= 15 is 0 Å². The van der Waals surface area contributed by atoms with E-state index in [1.54, 1.807) is 19.1 Å². The van der Waals surface area contributed by atoms with Crippen molar-refractivity contribution in [2.75, 3.05) is 5.75 Å². The molecule has 15 heavy (non-hydrogen) atoms. The minimum Gasteiger partial charge on any atom is -0.423 e. The van der Waals surface area contributed by atoms with Crippen molar-refractivity contribution in [1.29, 1.82) is 0 Å². The monoisotopic (exact) mass is 224 g/mol. The lowest BCUT2D eigenvalue weighted by molar-refractivity contribution is -0.109. The molecule has 0 heterocycles. The van der Waals surface area contributed by atoms with Crippen LogP contribution < -0.4 is 5.46 Å². The molecule has 2 N–H and O–H groups in total. The van der Waals surface area contributed by atoms with Crippen LogP contribution in [0.1, 0.15) is 12.5 Å². The zero-order valence-corrected chi connectivity index (χ0v) is 9.33. The fraction of sp³-hybridized carbons (Fsp3) is 0.300. The number of hydrogen-bond acceptors (Lipinski definition) is 4. The molecular weight excluding hydrogens is 211 g/mol. The Bertz CT molecular complexity index is 324. The number of carbonyl (C=O) groups is 1. The van der Waals surface area contributed by atoms with Gasteiger partial charge in [0.2, 0.25) is 0 Å². The average molecular weight is 224 g/mol. The van der Waals surface area contributed by atoms with Gasteiger partial charge in [-0.1, -0.05) is 36.0 Å². The zero-order valence-electron chi connectivity index (χ0n) is 8.51. The molecule has 0 bridgehead atoms. The topological polar surface area (TPSA) is 57.5 Å². The lowest BCUT2D eigenvalue weighted by atomic mass is 9.80. The van der Waals surface area contributed by atoms with Crippen molar-refractivity contribution < 1.29 is 14.8 Å². The van der Waals surface area contributed by atoms with Crippen molar-refractivity contribution >= 4 is 29.5 Å². The Kier molecular flexibility index (Phi) is 4.88. The van der Waals surface area contributed by atoms with Crippen LogP contribution in [0.25, 0.3) is 0 Å². The molecule has 0 aliphatic heterocycles. The smallest absolute Gasteiger partial charge is 0.423 e. The quantitative estimate of drug-likeness (QED) is 0.717. The number of carbonyl (C=O) groups excluding carboxylic acids is 1. The molecule has 0 radical (unpaired) electrons. The summed E-state index contributed by atoms with van der Waals surface area (Å²) in [5.74, 6) is 0.760. The lowest BCUT2D eigenvalue weighted by Gasteiger charge is -2.02. The number of rotatable bonds is 4. The third-order valence-electron chi connectivity index (χ3n) is 1.97. The molecular formula is C10H13BO3S. The minimum atomic E-state index is -1.41. The van der Waals surface area contributed by atoms with Gasteiger partial charge in [-0.05, 0) is 17.4 Å². The summed E-state index contributed by atoms with van der Waals surface area (Å²) in [6.07, 6.45) is 0.812. The van der Waals surface area contributed by atoms with Gasteiger partial charge in [0.25, 0.3) is 0 Å². The van der Waals surface area contributed by atoms with Crippen molar-refractivity contribution in [3.8, 4) is 0 Å². The van der Waals surface area contributed by atoms with Crippen LogP contribution >= 0.6 is 11.8 Å². The van der Waals surface area contributed by atoms with Gasteiger partial charge >= 0.3 is 7.12 Å². The van der Waals surface area contributed by atoms with Crippen molar-refractivity contribution in [2.24, 2.45) is 0 Å². The first-order chi connectivity index (χ1) is 7.09. The molecule has 0 aromatic heterocycles. The maximum absolute atomic E-state index is 10.7. The van der Waals surface area contributed by atoms with E-state index in [2.05, 4.69) is 0 Å². The van der Waals surface area contributed by atoms with E-state index in [-0.39, 0.29) is 5.12 Å². The van der Waals surface area contributed by atoms with E-state index in [0.717, 1.165) is 17.7 Å². The van der Waals surface area contributed by atoms with E-state index in [4.69, 9.17) is 10.0 Å². The number of benzene rings is 1. The van der Waals surface area contributed by atoms with Crippen LogP contribution in [0.15, 0.2) is 24.3 Å². The predicted octanol–water partition coefficient (Wildman–Crippen LogP) is 0.189. The van der Waals surface area contributed by atoms with Gasteiger partial charge in [-0.3, -0.25) is 4.79 Å². The first-order valence-corrected chi connectivity index (χ1v) is 5.66. The van der Waals surface area contributed by atoms with Crippen LogP contribution in [-0.2, 0) is 11.2 Å². The molecule has 0 aliphatic rings. The van der Waals surface area contributed by atoms with Gasteiger partial charge in [0.05, 0.1) is 0 Å². The third-order valence-corrected chi connectivity index (χ3v) is 2.79. The summed E-state index contributed by atoms with van der Waals surface area (Å²) in [6, 6.07) is 7.04. The molecule has 0 fully saturated rings. The molecule has 5 heteroatoms. The Morgan fingerprint density at radius 2 is 1.93 bits per heavy atom. The van der Waals surface area contributed by atoms with Gasteiger partial charge in [0.1, 0.15) is 0 Å². The Balaban J connectivity index is 2.46. The van der Waals surface area contributed by atoms with Crippen molar-refractivity contribution in [2.45, 2.75) is 13.3 Å². The Labute approximate surface area is 93.7 Å². The second-order valence-corrected chi connectivity index (χ2v) is 4.48. The Hall–Kier alpha value is -0.775. The molecule has 80 valence electrons. The number of thioether (sulfide) groups is 1.